The molecule has 0 amide bonds. The van der Waals surface area contributed by atoms with Gasteiger partial charge in [-0.05, 0) is 52.1 Å². The molecule has 7 aromatic rings. The van der Waals surface area contributed by atoms with Gasteiger partial charge in [0.25, 0.3) is 0 Å². The Hall–Kier alpha value is -5.08. The molecule has 1 N–H and O–H groups in total. The largest absolute Gasteiger partial charge is 0.456 e. The van der Waals surface area contributed by atoms with Gasteiger partial charge in [0.05, 0.1) is 5.41 Å². The fraction of sp³-hybridized carbons (Fsp3) is 0.0270. The topological polar surface area (TPSA) is 25.2 Å². The first-order valence-electron chi connectivity index (χ1n) is 13.4. The molecule has 0 atom stereocenters. The van der Waals surface area contributed by atoms with E-state index in [1.165, 1.54) is 27.8 Å². The first kappa shape index (κ1) is 22.0. The van der Waals surface area contributed by atoms with Gasteiger partial charge in [-0.25, -0.2) is 0 Å². The van der Waals surface area contributed by atoms with E-state index >= 15 is 0 Å². The Morgan fingerprint density at radius 2 is 1.05 bits per heavy atom. The molecule has 8 rings (SSSR count). The molecule has 0 spiro atoms. The van der Waals surface area contributed by atoms with Crippen molar-refractivity contribution in [1.82, 2.24) is 0 Å². The van der Waals surface area contributed by atoms with Gasteiger partial charge in [0.1, 0.15) is 11.2 Å². The lowest BCUT2D eigenvalue weighted by Gasteiger charge is -2.42. The van der Waals surface area contributed by atoms with Crippen LogP contribution in [0.2, 0.25) is 0 Å². The van der Waals surface area contributed by atoms with E-state index in [-0.39, 0.29) is 0 Å². The fourth-order valence-electron chi connectivity index (χ4n) is 6.49. The van der Waals surface area contributed by atoms with Crippen LogP contribution in [0.25, 0.3) is 33.1 Å². The summed E-state index contributed by atoms with van der Waals surface area (Å²) in [7, 11) is 0. The standard InChI is InChI=1S/C37H25NO/c1-2-12-25(13-3-1)26-14-10-15-27(24-26)37(30-18-5-7-21-33(30)38-34-22-8-6-19-31(34)37)32-20-11-17-29-28-16-4-9-23-35(28)39-36(29)32/h1-24,38H. The fourth-order valence-corrected chi connectivity index (χ4v) is 6.49. The van der Waals surface area contributed by atoms with Crippen LogP contribution in [0.1, 0.15) is 22.3 Å². The van der Waals surface area contributed by atoms with Gasteiger partial charge in [-0.3, -0.25) is 0 Å². The molecule has 39 heavy (non-hydrogen) atoms. The Morgan fingerprint density at radius 3 is 1.85 bits per heavy atom. The van der Waals surface area contributed by atoms with Crippen molar-refractivity contribution in [3.8, 4) is 11.1 Å². The van der Waals surface area contributed by atoms with E-state index in [0.717, 1.165) is 38.9 Å². The number of rotatable bonds is 3. The van der Waals surface area contributed by atoms with E-state index in [2.05, 4.69) is 145 Å². The molecule has 0 radical (unpaired) electrons. The molecule has 184 valence electrons. The smallest absolute Gasteiger partial charge is 0.140 e. The quantitative estimate of drug-likeness (QED) is 0.262. The molecule has 1 aliphatic rings. The molecular weight excluding hydrogens is 474 g/mol. The maximum Gasteiger partial charge on any atom is 0.140 e. The SMILES string of the molecule is c1ccc(-c2cccc(C3(c4cccc5c4oc4ccccc45)c4ccccc4Nc4ccccc43)c2)cc1. The summed E-state index contributed by atoms with van der Waals surface area (Å²) < 4.78 is 6.71. The zero-order chi connectivity index (χ0) is 25.8. The van der Waals surface area contributed by atoms with Gasteiger partial charge in [-0.2, -0.15) is 0 Å². The molecule has 2 heteroatoms. The average Bonchev–Trinajstić information content (AvgIpc) is 3.39. The van der Waals surface area contributed by atoms with Crippen molar-refractivity contribution < 1.29 is 4.42 Å². The molecule has 0 bridgehead atoms. The highest BCUT2D eigenvalue weighted by atomic mass is 16.3. The second kappa shape index (κ2) is 8.47. The molecular formula is C37H25NO. The molecule has 0 saturated heterocycles. The van der Waals surface area contributed by atoms with E-state index in [1.807, 2.05) is 6.07 Å². The number of hydrogen-bond acceptors (Lipinski definition) is 2. The van der Waals surface area contributed by atoms with Crippen molar-refractivity contribution in [1.29, 1.82) is 0 Å². The lowest BCUT2D eigenvalue weighted by Crippen LogP contribution is -2.35. The highest BCUT2D eigenvalue weighted by Gasteiger charge is 2.45. The third kappa shape index (κ3) is 3.15. The van der Waals surface area contributed by atoms with Crippen LogP contribution >= 0.6 is 0 Å². The lowest BCUT2D eigenvalue weighted by molar-refractivity contribution is 0.644. The lowest BCUT2D eigenvalue weighted by atomic mass is 9.62. The highest BCUT2D eigenvalue weighted by molar-refractivity contribution is 6.07. The average molecular weight is 500 g/mol. The normalized spacial score (nSPS) is 13.5. The van der Waals surface area contributed by atoms with Crippen LogP contribution in [0.15, 0.2) is 150 Å². The van der Waals surface area contributed by atoms with Crippen LogP contribution in [-0.4, -0.2) is 0 Å². The summed E-state index contributed by atoms with van der Waals surface area (Å²) in [5.41, 5.74) is 10.6. The van der Waals surface area contributed by atoms with E-state index in [0.29, 0.717) is 0 Å². The van der Waals surface area contributed by atoms with Crippen molar-refractivity contribution in [2.75, 3.05) is 5.32 Å². The monoisotopic (exact) mass is 499 g/mol. The number of furan rings is 1. The minimum absolute atomic E-state index is 0.601. The molecule has 1 aromatic heterocycles. The molecule has 2 nitrogen and oxygen atoms in total. The van der Waals surface area contributed by atoms with Crippen LogP contribution in [0, 0.1) is 0 Å². The third-order valence-corrected chi connectivity index (χ3v) is 8.14. The Kier molecular flexibility index (Phi) is 4.77. The Bertz CT molecular complexity index is 1950. The van der Waals surface area contributed by atoms with E-state index < -0.39 is 5.41 Å². The van der Waals surface area contributed by atoms with E-state index in [1.54, 1.807) is 0 Å². The maximum atomic E-state index is 6.71. The van der Waals surface area contributed by atoms with Gasteiger partial charge in [0.15, 0.2) is 0 Å². The van der Waals surface area contributed by atoms with Crippen LogP contribution in [0.5, 0.6) is 0 Å². The predicted molar refractivity (Wildman–Crippen MR) is 161 cm³/mol. The molecule has 1 aliphatic heterocycles. The molecule has 0 fully saturated rings. The van der Waals surface area contributed by atoms with E-state index in [4.69, 9.17) is 4.42 Å². The number of nitrogens with one attached hydrogen (secondary N) is 1. The molecule has 2 heterocycles. The molecule has 0 aliphatic carbocycles. The van der Waals surface area contributed by atoms with Crippen molar-refractivity contribution >= 4 is 33.3 Å². The number of para-hydroxylation sites is 4. The number of anilines is 2. The van der Waals surface area contributed by atoms with Crippen molar-refractivity contribution in [3.63, 3.8) is 0 Å². The van der Waals surface area contributed by atoms with Gasteiger partial charge in [-0.1, -0.05) is 121 Å². The highest BCUT2D eigenvalue weighted by Crippen LogP contribution is 2.55. The van der Waals surface area contributed by atoms with Gasteiger partial charge in [0.2, 0.25) is 0 Å². The van der Waals surface area contributed by atoms with Crippen molar-refractivity contribution in [2.45, 2.75) is 5.41 Å². The first-order chi connectivity index (χ1) is 19.3. The van der Waals surface area contributed by atoms with Crippen molar-refractivity contribution in [3.05, 3.63) is 168 Å². The van der Waals surface area contributed by atoms with E-state index in [9.17, 15) is 0 Å². The first-order valence-corrected chi connectivity index (χ1v) is 13.4. The van der Waals surface area contributed by atoms with Crippen LogP contribution in [-0.2, 0) is 5.41 Å². The third-order valence-electron chi connectivity index (χ3n) is 8.14. The summed E-state index contributed by atoms with van der Waals surface area (Å²) in [6, 6.07) is 51.9. The molecule has 0 saturated carbocycles. The molecule has 6 aromatic carbocycles. The van der Waals surface area contributed by atoms with Crippen molar-refractivity contribution in [2.24, 2.45) is 0 Å². The Labute approximate surface area is 227 Å². The van der Waals surface area contributed by atoms with Gasteiger partial charge in [-0.15, -0.1) is 0 Å². The summed E-state index contributed by atoms with van der Waals surface area (Å²) in [6.07, 6.45) is 0. The second-order valence-electron chi connectivity index (χ2n) is 10.2. The number of hydrogen-bond donors (Lipinski definition) is 1. The van der Waals surface area contributed by atoms with Gasteiger partial charge < -0.3 is 9.73 Å². The van der Waals surface area contributed by atoms with Gasteiger partial charge >= 0.3 is 0 Å². The Morgan fingerprint density at radius 1 is 0.462 bits per heavy atom. The summed E-state index contributed by atoms with van der Waals surface area (Å²) in [4.78, 5) is 0. The zero-order valence-electron chi connectivity index (χ0n) is 21.3. The number of fused-ring (bicyclic) bond motifs is 5. The van der Waals surface area contributed by atoms with Crippen LogP contribution in [0.3, 0.4) is 0 Å². The maximum absolute atomic E-state index is 6.71. The van der Waals surface area contributed by atoms with Crippen LogP contribution < -0.4 is 5.32 Å². The summed E-state index contributed by atoms with van der Waals surface area (Å²) in [6.45, 7) is 0. The second-order valence-corrected chi connectivity index (χ2v) is 10.2. The minimum Gasteiger partial charge on any atom is -0.456 e. The zero-order valence-corrected chi connectivity index (χ0v) is 21.3. The summed E-state index contributed by atoms with van der Waals surface area (Å²) in [5, 5.41) is 6.00. The predicted octanol–water partition coefficient (Wildman–Crippen LogP) is 9.69. The van der Waals surface area contributed by atoms with Crippen LogP contribution in [0.4, 0.5) is 11.4 Å². The summed E-state index contributed by atoms with van der Waals surface area (Å²) in [5.74, 6) is 0. The Balaban J connectivity index is 1.55. The molecule has 0 unspecified atom stereocenters. The number of benzene rings is 6. The minimum atomic E-state index is -0.601. The van der Waals surface area contributed by atoms with Gasteiger partial charge in [0, 0.05) is 27.7 Å². The summed E-state index contributed by atoms with van der Waals surface area (Å²) >= 11 is 0.